The number of nitrogens with one attached hydrogen (secondary N) is 1. The van der Waals surface area contributed by atoms with Gasteiger partial charge in [-0.2, -0.15) is 5.10 Å². The van der Waals surface area contributed by atoms with Crippen LogP contribution in [0.1, 0.15) is 28.5 Å². The zero-order valence-corrected chi connectivity index (χ0v) is 13.8. The number of H-pyrrole nitrogens is 1. The molecule has 0 atom stereocenters. The Bertz CT molecular complexity index is 963. The molecule has 0 bridgehead atoms. The SMILES string of the molecule is C=Cc1nn(C)c(-c2cc3nccc(C(=O)OC)c3[nH]2)c1/C=C\C. The van der Waals surface area contributed by atoms with Gasteiger partial charge in [0.15, 0.2) is 0 Å². The fourth-order valence-corrected chi connectivity index (χ4v) is 2.80. The largest absolute Gasteiger partial charge is 0.465 e. The number of ether oxygens (including phenoxy) is 1. The van der Waals surface area contributed by atoms with Crippen LogP contribution in [0.15, 0.2) is 31.0 Å². The highest BCUT2D eigenvalue weighted by Gasteiger charge is 2.19. The van der Waals surface area contributed by atoms with Crippen LogP contribution in [0, 0.1) is 0 Å². The molecule has 0 amide bonds. The highest BCUT2D eigenvalue weighted by molar-refractivity contribution is 6.03. The van der Waals surface area contributed by atoms with Gasteiger partial charge in [0.2, 0.25) is 0 Å². The number of aromatic nitrogens is 4. The summed E-state index contributed by atoms with van der Waals surface area (Å²) in [6.07, 6.45) is 7.25. The maximum Gasteiger partial charge on any atom is 0.340 e. The van der Waals surface area contributed by atoms with Gasteiger partial charge in [0.1, 0.15) is 0 Å². The Labute approximate surface area is 139 Å². The Morgan fingerprint density at radius 2 is 2.25 bits per heavy atom. The molecule has 0 spiro atoms. The molecule has 1 N–H and O–H groups in total. The Morgan fingerprint density at radius 1 is 1.46 bits per heavy atom. The Hall–Kier alpha value is -3.15. The molecule has 3 aromatic heterocycles. The van der Waals surface area contributed by atoms with Gasteiger partial charge in [-0.05, 0) is 25.1 Å². The standard InChI is InChI=1S/C18H18N4O2/c1-5-7-11-13(6-2)21-22(3)17(11)15-10-14-16(20-15)12(8-9-19-14)18(23)24-4/h5-10,20H,2H2,1,3-4H3/b7-5-. The third-order valence-electron chi connectivity index (χ3n) is 3.82. The highest BCUT2D eigenvalue weighted by atomic mass is 16.5. The molecule has 0 aliphatic rings. The lowest BCUT2D eigenvalue weighted by Crippen LogP contribution is -2.02. The third-order valence-corrected chi connectivity index (χ3v) is 3.82. The lowest BCUT2D eigenvalue weighted by atomic mass is 10.1. The number of aryl methyl sites for hydroxylation is 1. The normalized spacial score (nSPS) is 11.3. The van der Waals surface area contributed by atoms with Crippen molar-refractivity contribution >= 4 is 29.2 Å². The number of esters is 1. The van der Waals surface area contributed by atoms with Gasteiger partial charge in [0.25, 0.3) is 0 Å². The van der Waals surface area contributed by atoms with Crippen molar-refractivity contribution in [3.63, 3.8) is 0 Å². The number of nitrogens with zero attached hydrogens (tertiary/aromatic N) is 3. The third kappa shape index (κ3) is 2.42. The quantitative estimate of drug-likeness (QED) is 0.747. The number of carbonyl (C=O) groups excluding carboxylic acids is 1. The van der Waals surface area contributed by atoms with Gasteiger partial charge in [-0.1, -0.05) is 18.7 Å². The summed E-state index contributed by atoms with van der Waals surface area (Å²) in [7, 11) is 3.23. The van der Waals surface area contributed by atoms with Crippen molar-refractivity contribution in [2.75, 3.05) is 7.11 Å². The molecule has 3 rings (SSSR count). The highest BCUT2D eigenvalue weighted by Crippen LogP contribution is 2.30. The molecule has 0 saturated carbocycles. The first-order valence-electron chi connectivity index (χ1n) is 7.49. The molecule has 0 aliphatic heterocycles. The number of carbonyl (C=O) groups is 1. The van der Waals surface area contributed by atoms with E-state index in [0.29, 0.717) is 16.6 Å². The number of aromatic amines is 1. The second kappa shape index (κ2) is 6.16. The summed E-state index contributed by atoms with van der Waals surface area (Å²) >= 11 is 0. The molecule has 3 heterocycles. The second-order valence-corrected chi connectivity index (χ2v) is 5.27. The minimum absolute atomic E-state index is 0.402. The van der Waals surface area contributed by atoms with Gasteiger partial charge in [-0.3, -0.25) is 9.67 Å². The van der Waals surface area contributed by atoms with Crippen molar-refractivity contribution in [2.24, 2.45) is 7.05 Å². The van der Waals surface area contributed by atoms with Crippen LogP contribution in [0.2, 0.25) is 0 Å². The average Bonchev–Trinajstić information content (AvgIpc) is 3.14. The number of rotatable bonds is 4. The van der Waals surface area contributed by atoms with Crippen molar-refractivity contribution in [1.82, 2.24) is 19.7 Å². The molecule has 24 heavy (non-hydrogen) atoms. The summed E-state index contributed by atoms with van der Waals surface area (Å²) in [5.41, 5.74) is 5.27. The van der Waals surface area contributed by atoms with E-state index in [9.17, 15) is 4.79 Å². The molecule has 0 unspecified atom stereocenters. The first kappa shape index (κ1) is 15.7. The van der Waals surface area contributed by atoms with Gasteiger partial charge in [-0.25, -0.2) is 4.79 Å². The van der Waals surface area contributed by atoms with E-state index in [4.69, 9.17) is 4.74 Å². The van der Waals surface area contributed by atoms with Gasteiger partial charge in [-0.15, -0.1) is 0 Å². The number of hydrogen-bond donors (Lipinski definition) is 1. The molecule has 6 nitrogen and oxygen atoms in total. The van der Waals surface area contributed by atoms with E-state index in [1.54, 1.807) is 23.0 Å². The van der Waals surface area contributed by atoms with E-state index < -0.39 is 5.97 Å². The molecular weight excluding hydrogens is 304 g/mol. The zero-order valence-electron chi connectivity index (χ0n) is 13.8. The number of allylic oxidation sites excluding steroid dienone is 1. The lowest BCUT2D eigenvalue weighted by molar-refractivity contribution is 0.0602. The Kier molecular flexibility index (Phi) is 4.04. The van der Waals surface area contributed by atoms with Gasteiger partial charge in [0, 0.05) is 18.8 Å². The molecule has 0 saturated heterocycles. The Morgan fingerprint density at radius 3 is 2.92 bits per heavy atom. The summed E-state index contributed by atoms with van der Waals surface area (Å²) in [6, 6.07) is 3.54. The molecule has 0 fully saturated rings. The number of fused-ring (bicyclic) bond motifs is 1. The van der Waals surface area contributed by atoms with Crippen molar-refractivity contribution < 1.29 is 9.53 Å². The van der Waals surface area contributed by atoms with Crippen LogP contribution in [0.25, 0.3) is 34.6 Å². The van der Waals surface area contributed by atoms with E-state index in [2.05, 4.69) is 21.6 Å². The van der Waals surface area contributed by atoms with Crippen LogP contribution in [0.3, 0.4) is 0 Å². The smallest absolute Gasteiger partial charge is 0.340 e. The zero-order chi connectivity index (χ0) is 17.3. The van der Waals surface area contributed by atoms with Crippen LogP contribution < -0.4 is 0 Å². The van der Waals surface area contributed by atoms with E-state index in [0.717, 1.165) is 22.6 Å². The summed E-state index contributed by atoms with van der Waals surface area (Å²) in [5.74, 6) is -0.402. The first-order valence-corrected chi connectivity index (χ1v) is 7.49. The van der Waals surface area contributed by atoms with Crippen LogP contribution in [-0.2, 0) is 11.8 Å². The fourth-order valence-electron chi connectivity index (χ4n) is 2.80. The summed E-state index contributed by atoms with van der Waals surface area (Å²) in [5, 5.41) is 4.48. The minimum atomic E-state index is -0.402. The van der Waals surface area contributed by atoms with Crippen LogP contribution in [0.4, 0.5) is 0 Å². The first-order chi connectivity index (χ1) is 11.6. The van der Waals surface area contributed by atoms with Crippen LogP contribution >= 0.6 is 0 Å². The molecule has 122 valence electrons. The number of methoxy groups -OCH3 is 1. The predicted molar refractivity (Wildman–Crippen MR) is 94.4 cm³/mol. The molecule has 6 heteroatoms. The predicted octanol–water partition coefficient (Wildman–Crippen LogP) is 3.43. The maximum atomic E-state index is 11.9. The molecule has 0 aromatic carbocycles. The van der Waals surface area contributed by atoms with Crippen molar-refractivity contribution in [3.05, 3.63) is 47.8 Å². The minimum Gasteiger partial charge on any atom is -0.465 e. The Balaban J connectivity index is 2.27. The van der Waals surface area contributed by atoms with E-state index in [1.165, 1.54) is 7.11 Å². The van der Waals surface area contributed by atoms with Gasteiger partial charge >= 0.3 is 5.97 Å². The van der Waals surface area contributed by atoms with E-state index in [1.807, 2.05) is 32.2 Å². The van der Waals surface area contributed by atoms with Crippen molar-refractivity contribution in [1.29, 1.82) is 0 Å². The molecule has 0 radical (unpaired) electrons. The second-order valence-electron chi connectivity index (χ2n) is 5.27. The van der Waals surface area contributed by atoms with Crippen molar-refractivity contribution in [2.45, 2.75) is 6.92 Å². The van der Waals surface area contributed by atoms with E-state index in [-0.39, 0.29) is 0 Å². The summed E-state index contributed by atoms with van der Waals surface area (Å²) in [4.78, 5) is 19.6. The lowest BCUT2D eigenvalue weighted by Gasteiger charge is -2.02. The van der Waals surface area contributed by atoms with Crippen LogP contribution in [-0.4, -0.2) is 32.8 Å². The number of pyridine rings is 1. The fraction of sp³-hybridized carbons (Fsp3) is 0.167. The number of hydrogen-bond acceptors (Lipinski definition) is 4. The monoisotopic (exact) mass is 322 g/mol. The van der Waals surface area contributed by atoms with Crippen LogP contribution in [0.5, 0.6) is 0 Å². The van der Waals surface area contributed by atoms with Gasteiger partial charge < -0.3 is 9.72 Å². The molecule has 0 aliphatic carbocycles. The average molecular weight is 322 g/mol. The van der Waals surface area contributed by atoms with Crippen molar-refractivity contribution in [3.8, 4) is 11.4 Å². The van der Waals surface area contributed by atoms with Gasteiger partial charge in [0.05, 0.1) is 40.8 Å². The molecule has 3 aromatic rings. The summed E-state index contributed by atoms with van der Waals surface area (Å²) < 4.78 is 6.62. The van der Waals surface area contributed by atoms with E-state index >= 15 is 0 Å². The maximum absolute atomic E-state index is 11.9. The summed E-state index contributed by atoms with van der Waals surface area (Å²) in [6.45, 7) is 5.77. The topological polar surface area (TPSA) is 72.8 Å². The molecular formula is C18H18N4O2.